The second-order valence-electron chi connectivity index (χ2n) is 5.16. The predicted molar refractivity (Wildman–Crippen MR) is 84.4 cm³/mol. The third kappa shape index (κ3) is 6.51. The highest BCUT2D eigenvalue weighted by atomic mass is 16.6. The normalized spacial score (nSPS) is 12.1. The van der Waals surface area contributed by atoms with Crippen LogP contribution in [0.15, 0.2) is 36.4 Å². The second kappa shape index (κ2) is 9.26. The number of nitrogens with zero attached hydrogens (tertiary/aromatic N) is 1. The molecule has 1 aromatic rings. The van der Waals surface area contributed by atoms with Crippen LogP contribution in [0.2, 0.25) is 0 Å². The number of non-ortho nitro benzene ring substituents is 1. The van der Waals surface area contributed by atoms with Crippen LogP contribution in [-0.4, -0.2) is 24.7 Å². The maximum absolute atomic E-state index is 10.9. The smallest absolute Gasteiger partial charge is 0.269 e. The topological polar surface area (TPSA) is 64.4 Å². The van der Waals surface area contributed by atoms with Crippen molar-refractivity contribution in [3.05, 3.63) is 52.1 Å². The molecule has 0 amide bonds. The summed E-state index contributed by atoms with van der Waals surface area (Å²) in [5, 5.41) is 14.3. The molecule has 1 rings (SSSR count). The maximum atomic E-state index is 10.9. The Kier molecular flexibility index (Phi) is 7.64. The highest BCUT2D eigenvalue weighted by molar-refractivity contribution is 5.35. The molecular weight excluding hydrogens is 268 g/mol. The Balaban J connectivity index is 2.58. The van der Waals surface area contributed by atoms with Crippen molar-refractivity contribution in [1.29, 1.82) is 0 Å². The average molecular weight is 292 g/mol. The van der Waals surface area contributed by atoms with E-state index in [-0.39, 0.29) is 16.7 Å². The standard InChI is InChI=1S/C16H24N2O3/c1-4-6-16(17-9-10-21-12-13(2)3)14-7-5-8-15(11-14)18(19)20/h5,7-8,11,16-17H,2,4,6,9-10,12H2,1,3H3. The molecule has 1 N–H and O–H groups in total. The van der Waals surface area contributed by atoms with Crippen LogP contribution in [0.5, 0.6) is 0 Å². The summed E-state index contributed by atoms with van der Waals surface area (Å²) < 4.78 is 5.45. The van der Waals surface area contributed by atoms with Crippen LogP contribution in [0.25, 0.3) is 0 Å². The molecule has 1 atom stereocenters. The Labute approximate surface area is 126 Å². The van der Waals surface area contributed by atoms with Gasteiger partial charge in [0.05, 0.1) is 18.1 Å². The van der Waals surface area contributed by atoms with Crippen molar-refractivity contribution in [3.63, 3.8) is 0 Å². The molecule has 0 aliphatic rings. The monoisotopic (exact) mass is 292 g/mol. The van der Waals surface area contributed by atoms with Gasteiger partial charge in [0.15, 0.2) is 0 Å². The van der Waals surface area contributed by atoms with Gasteiger partial charge in [0, 0.05) is 24.7 Å². The molecule has 5 heteroatoms. The summed E-state index contributed by atoms with van der Waals surface area (Å²) in [5.74, 6) is 0. The van der Waals surface area contributed by atoms with Crippen molar-refractivity contribution < 1.29 is 9.66 Å². The van der Waals surface area contributed by atoms with Crippen molar-refractivity contribution in [1.82, 2.24) is 5.32 Å². The number of hydrogen-bond acceptors (Lipinski definition) is 4. The van der Waals surface area contributed by atoms with E-state index in [2.05, 4.69) is 18.8 Å². The molecule has 0 aliphatic carbocycles. The number of nitro benzene ring substituents is 1. The molecule has 0 bridgehead atoms. The van der Waals surface area contributed by atoms with Gasteiger partial charge in [-0.15, -0.1) is 0 Å². The molecule has 1 unspecified atom stereocenters. The number of nitro groups is 1. The van der Waals surface area contributed by atoms with Crippen LogP contribution in [0, 0.1) is 10.1 Å². The van der Waals surface area contributed by atoms with E-state index >= 15 is 0 Å². The largest absolute Gasteiger partial charge is 0.376 e. The first-order valence-corrected chi connectivity index (χ1v) is 7.24. The van der Waals surface area contributed by atoms with E-state index in [0.29, 0.717) is 19.8 Å². The molecule has 0 saturated carbocycles. The summed E-state index contributed by atoms with van der Waals surface area (Å²) in [6, 6.07) is 6.93. The van der Waals surface area contributed by atoms with Crippen LogP contribution in [0.3, 0.4) is 0 Å². The molecule has 0 fully saturated rings. The van der Waals surface area contributed by atoms with Crippen molar-refractivity contribution in [2.24, 2.45) is 0 Å². The number of benzene rings is 1. The summed E-state index contributed by atoms with van der Waals surface area (Å²) in [7, 11) is 0. The van der Waals surface area contributed by atoms with Gasteiger partial charge in [-0.3, -0.25) is 10.1 Å². The Morgan fingerprint density at radius 2 is 2.29 bits per heavy atom. The fourth-order valence-electron chi connectivity index (χ4n) is 2.08. The van der Waals surface area contributed by atoms with E-state index in [0.717, 1.165) is 24.0 Å². The molecular formula is C16H24N2O3. The van der Waals surface area contributed by atoms with Gasteiger partial charge in [-0.05, 0) is 18.9 Å². The summed E-state index contributed by atoms with van der Waals surface area (Å²) in [5.41, 5.74) is 2.08. The first-order valence-electron chi connectivity index (χ1n) is 7.24. The highest BCUT2D eigenvalue weighted by Crippen LogP contribution is 2.22. The summed E-state index contributed by atoms with van der Waals surface area (Å²) in [6.45, 7) is 9.68. The van der Waals surface area contributed by atoms with Gasteiger partial charge in [-0.1, -0.05) is 37.6 Å². The van der Waals surface area contributed by atoms with Gasteiger partial charge < -0.3 is 10.1 Å². The molecule has 0 radical (unpaired) electrons. The third-order valence-corrected chi connectivity index (χ3v) is 3.05. The Morgan fingerprint density at radius 3 is 2.90 bits per heavy atom. The lowest BCUT2D eigenvalue weighted by Gasteiger charge is -2.18. The molecule has 116 valence electrons. The number of ether oxygens (including phenoxy) is 1. The van der Waals surface area contributed by atoms with Crippen molar-refractivity contribution in [2.75, 3.05) is 19.8 Å². The van der Waals surface area contributed by atoms with E-state index in [1.54, 1.807) is 12.1 Å². The lowest BCUT2D eigenvalue weighted by Crippen LogP contribution is -2.25. The second-order valence-corrected chi connectivity index (χ2v) is 5.16. The zero-order valence-electron chi connectivity index (χ0n) is 12.8. The van der Waals surface area contributed by atoms with Crippen LogP contribution in [0.1, 0.15) is 38.3 Å². The SMILES string of the molecule is C=C(C)COCCNC(CCC)c1cccc([N+](=O)[O-])c1. The lowest BCUT2D eigenvalue weighted by atomic mass is 10.0. The van der Waals surface area contributed by atoms with Gasteiger partial charge in [0.25, 0.3) is 5.69 Å². The third-order valence-electron chi connectivity index (χ3n) is 3.05. The van der Waals surface area contributed by atoms with E-state index in [1.165, 1.54) is 6.07 Å². The molecule has 0 heterocycles. The number of rotatable bonds is 10. The zero-order chi connectivity index (χ0) is 15.7. The number of hydrogen-bond donors (Lipinski definition) is 1. The molecule has 0 saturated heterocycles. The molecule has 1 aromatic carbocycles. The quantitative estimate of drug-likeness (QED) is 0.309. The van der Waals surface area contributed by atoms with Gasteiger partial charge in [-0.25, -0.2) is 0 Å². The van der Waals surface area contributed by atoms with Gasteiger partial charge >= 0.3 is 0 Å². The summed E-state index contributed by atoms with van der Waals surface area (Å²) in [6.07, 6.45) is 1.94. The van der Waals surface area contributed by atoms with Crippen molar-refractivity contribution in [3.8, 4) is 0 Å². The molecule has 0 aliphatic heterocycles. The lowest BCUT2D eigenvalue weighted by molar-refractivity contribution is -0.384. The minimum atomic E-state index is -0.359. The Hall–Kier alpha value is -1.72. The van der Waals surface area contributed by atoms with E-state index < -0.39 is 0 Å². The predicted octanol–water partition coefficient (Wildman–Crippen LogP) is 3.62. The van der Waals surface area contributed by atoms with Gasteiger partial charge in [0.2, 0.25) is 0 Å². The van der Waals surface area contributed by atoms with Crippen LogP contribution in [0.4, 0.5) is 5.69 Å². The molecule has 5 nitrogen and oxygen atoms in total. The average Bonchev–Trinajstić information content (AvgIpc) is 2.45. The van der Waals surface area contributed by atoms with E-state index in [1.807, 2.05) is 13.0 Å². The van der Waals surface area contributed by atoms with E-state index in [4.69, 9.17) is 4.74 Å². The first kappa shape index (κ1) is 17.3. The summed E-state index contributed by atoms with van der Waals surface area (Å²) >= 11 is 0. The fraction of sp³-hybridized carbons (Fsp3) is 0.500. The molecule has 21 heavy (non-hydrogen) atoms. The zero-order valence-corrected chi connectivity index (χ0v) is 12.8. The first-order chi connectivity index (χ1) is 10.0. The van der Waals surface area contributed by atoms with Gasteiger partial charge in [-0.2, -0.15) is 0 Å². The van der Waals surface area contributed by atoms with Crippen molar-refractivity contribution in [2.45, 2.75) is 32.7 Å². The Bertz CT molecular complexity index is 474. The number of nitrogens with one attached hydrogen (secondary N) is 1. The van der Waals surface area contributed by atoms with Crippen LogP contribution < -0.4 is 5.32 Å². The van der Waals surface area contributed by atoms with Crippen LogP contribution in [-0.2, 0) is 4.74 Å². The Morgan fingerprint density at radius 1 is 1.52 bits per heavy atom. The maximum Gasteiger partial charge on any atom is 0.269 e. The summed E-state index contributed by atoms with van der Waals surface area (Å²) in [4.78, 5) is 10.5. The van der Waals surface area contributed by atoms with E-state index in [9.17, 15) is 10.1 Å². The molecule has 0 aromatic heterocycles. The highest BCUT2D eigenvalue weighted by Gasteiger charge is 2.13. The fourth-order valence-corrected chi connectivity index (χ4v) is 2.08. The van der Waals surface area contributed by atoms with Crippen molar-refractivity contribution >= 4 is 5.69 Å². The van der Waals surface area contributed by atoms with Gasteiger partial charge in [0.1, 0.15) is 0 Å². The minimum absolute atomic E-state index is 0.114. The minimum Gasteiger partial charge on any atom is -0.376 e. The molecule has 0 spiro atoms. The van der Waals surface area contributed by atoms with Crippen LogP contribution >= 0.6 is 0 Å².